The van der Waals surface area contributed by atoms with Crippen LogP contribution in [0, 0.1) is 0 Å². The summed E-state index contributed by atoms with van der Waals surface area (Å²) < 4.78 is 38.5. The van der Waals surface area contributed by atoms with E-state index in [1.165, 1.54) is 6.42 Å². The summed E-state index contributed by atoms with van der Waals surface area (Å²) in [5.41, 5.74) is 0. The Morgan fingerprint density at radius 1 is 1.36 bits per heavy atom. The van der Waals surface area contributed by atoms with Crippen LogP contribution in [0.2, 0.25) is 0 Å². The number of hydrogen-bond donors (Lipinski definition) is 2. The van der Waals surface area contributed by atoms with Crippen LogP contribution in [-0.4, -0.2) is 70.0 Å². The van der Waals surface area contributed by atoms with Gasteiger partial charge in [0.25, 0.3) is 0 Å². The SMILES string of the molecule is CCNS(=O)(=O)C1CCN(C(=NCC2CCCCO2)NCCc2ccco2)C1. The summed E-state index contributed by atoms with van der Waals surface area (Å²) in [7, 11) is -3.28. The normalized spacial score (nSPS) is 23.9. The predicted molar refractivity (Wildman–Crippen MR) is 109 cm³/mol. The lowest BCUT2D eigenvalue weighted by molar-refractivity contribution is 0.0223. The van der Waals surface area contributed by atoms with Gasteiger partial charge in [0.1, 0.15) is 5.76 Å². The number of guanidine groups is 1. The molecule has 2 unspecified atom stereocenters. The van der Waals surface area contributed by atoms with Gasteiger partial charge in [-0.05, 0) is 37.8 Å². The van der Waals surface area contributed by atoms with Crippen LogP contribution in [0.4, 0.5) is 0 Å². The first-order valence-corrected chi connectivity index (χ1v) is 11.8. The van der Waals surface area contributed by atoms with Crippen molar-refractivity contribution in [2.45, 2.75) is 50.4 Å². The van der Waals surface area contributed by atoms with Crippen LogP contribution >= 0.6 is 0 Å². The Morgan fingerprint density at radius 3 is 2.96 bits per heavy atom. The van der Waals surface area contributed by atoms with Crippen molar-refractivity contribution in [2.24, 2.45) is 4.99 Å². The van der Waals surface area contributed by atoms with E-state index in [4.69, 9.17) is 14.1 Å². The highest BCUT2D eigenvalue weighted by molar-refractivity contribution is 7.90. The number of furan rings is 1. The third kappa shape index (κ3) is 5.96. The minimum atomic E-state index is -3.28. The molecule has 0 aromatic carbocycles. The maximum Gasteiger partial charge on any atom is 0.216 e. The number of sulfonamides is 1. The Morgan fingerprint density at radius 2 is 2.25 bits per heavy atom. The molecule has 2 aliphatic rings. The van der Waals surface area contributed by atoms with Gasteiger partial charge in [-0.3, -0.25) is 4.99 Å². The summed E-state index contributed by atoms with van der Waals surface area (Å²) in [5.74, 6) is 1.67. The zero-order chi connectivity index (χ0) is 19.8. The van der Waals surface area contributed by atoms with E-state index in [0.717, 1.165) is 37.6 Å². The Bertz CT molecular complexity index is 714. The molecule has 0 spiro atoms. The van der Waals surface area contributed by atoms with Crippen LogP contribution in [0.15, 0.2) is 27.8 Å². The molecule has 8 nitrogen and oxygen atoms in total. The molecular formula is C19H32N4O4S. The van der Waals surface area contributed by atoms with Crippen LogP contribution in [0.3, 0.4) is 0 Å². The molecule has 0 aliphatic carbocycles. The van der Waals surface area contributed by atoms with E-state index >= 15 is 0 Å². The van der Waals surface area contributed by atoms with Gasteiger partial charge in [-0.15, -0.1) is 0 Å². The van der Waals surface area contributed by atoms with Crippen molar-refractivity contribution < 1.29 is 17.6 Å². The number of nitrogens with zero attached hydrogens (tertiary/aromatic N) is 2. The van der Waals surface area contributed by atoms with E-state index in [0.29, 0.717) is 39.1 Å². The van der Waals surface area contributed by atoms with Gasteiger partial charge >= 0.3 is 0 Å². The molecule has 158 valence electrons. The first-order chi connectivity index (χ1) is 13.6. The van der Waals surface area contributed by atoms with Crippen molar-refractivity contribution >= 4 is 16.0 Å². The molecule has 2 aliphatic heterocycles. The zero-order valence-electron chi connectivity index (χ0n) is 16.6. The van der Waals surface area contributed by atoms with Crippen LogP contribution in [-0.2, 0) is 21.2 Å². The first kappa shape index (κ1) is 21.1. The second-order valence-electron chi connectivity index (χ2n) is 7.31. The van der Waals surface area contributed by atoms with E-state index < -0.39 is 15.3 Å². The van der Waals surface area contributed by atoms with Gasteiger partial charge < -0.3 is 19.4 Å². The van der Waals surface area contributed by atoms with E-state index in [9.17, 15) is 8.42 Å². The Kier molecular flexibility index (Phi) is 7.75. The number of ether oxygens (including phenoxy) is 1. The monoisotopic (exact) mass is 412 g/mol. The summed E-state index contributed by atoms with van der Waals surface area (Å²) >= 11 is 0. The third-order valence-electron chi connectivity index (χ3n) is 5.18. The molecule has 9 heteroatoms. The molecule has 0 saturated carbocycles. The first-order valence-electron chi connectivity index (χ1n) is 10.2. The molecule has 2 saturated heterocycles. The maximum atomic E-state index is 12.3. The van der Waals surface area contributed by atoms with Gasteiger partial charge in [0, 0.05) is 39.2 Å². The van der Waals surface area contributed by atoms with Crippen LogP contribution in [0.1, 0.15) is 38.4 Å². The number of likely N-dealkylation sites (tertiary alicyclic amines) is 1. The number of aliphatic imine (C=N–C) groups is 1. The quantitative estimate of drug-likeness (QED) is 0.494. The van der Waals surface area contributed by atoms with Gasteiger partial charge in [0.05, 0.1) is 24.2 Å². The van der Waals surface area contributed by atoms with Gasteiger partial charge in [-0.25, -0.2) is 13.1 Å². The molecule has 3 heterocycles. The lowest BCUT2D eigenvalue weighted by Crippen LogP contribution is -2.43. The smallest absolute Gasteiger partial charge is 0.216 e. The van der Waals surface area contributed by atoms with E-state index in [-0.39, 0.29) is 6.10 Å². The fourth-order valence-corrected chi connectivity index (χ4v) is 5.08. The van der Waals surface area contributed by atoms with Crippen molar-refractivity contribution in [1.82, 2.24) is 14.9 Å². The highest BCUT2D eigenvalue weighted by Crippen LogP contribution is 2.17. The van der Waals surface area contributed by atoms with Crippen molar-refractivity contribution in [1.29, 1.82) is 0 Å². The lowest BCUT2D eigenvalue weighted by Gasteiger charge is -2.25. The fraction of sp³-hybridized carbons (Fsp3) is 0.737. The van der Waals surface area contributed by atoms with Crippen LogP contribution < -0.4 is 10.0 Å². The molecule has 0 bridgehead atoms. The summed E-state index contributed by atoms with van der Waals surface area (Å²) in [6.07, 6.45) is 6.49. The van der Waals surface area contributed by atoms with Gasteiger partial charge in [-0.1, -0.05) is 6.92 Å². The summed E-state index contributed by atoms with van der Waals surface area (Å²) in [6.45, 7) is 5.43. The molecule has 2 fully saturated rings. The largest absolute Gasteiger partial charge is 0.469 e. The zero-order valence-corrected chi connectivity index (χ0v) is 17.4. The average Bonchev–Trinajstić information content (AvgIpc) is 3.37. The van der Waals surface area contributed by atoms with Crippen LogP contribution in [0.25, 0.3) is 0 Å². The Hall–Kier alpha value is -1.58. The van der Waals surface area contributed by atoms with Crippen molar-refractivity contribution in [3.63, 3.8) is 0 Å². The Balaban J connectivity index is 1.61. The average molecular weight is 413 g/mol. The van der Waals surface area contributed by atoms with Gasteiger partial charge in [-0.2, -0.15) is 0 Å². The Labute approximate surface area is 167 Å². The van der Waals surface area contributed by atoms with E-state index in [1.807, 2.05) is 17.0 Å². The molecule has 2 N–H and O–H groups in total. The molecule has 2 atom stereocenters. The highest BCUT2D eigenvalue weighted by atomic mass is 32.2. The molecule has 0 radical (unpaired) electrons. The maximum absolute atomic E-state index is 12.3. The molecule has 3 rings (SSSR count). The summed E-state index contributed by atoms with van der Waals surface area (Å²) in [4.78, 5) is 6.82. The lowest BCUT2D eigenvalue weighted by atomic mass is 10.1. The van der Waals surface area contributed by atoms with Crippen LogP contribution in [0.5, 0.6) is 0 Å². The third-order valence-corrected chi connectivity index (χ3v) is 7.14. The summed E-state index contributed by atoms with van der Waals surface area (Å²) in [5, 5.41) is 2.98. The number of hydrogen-bond acceptors (Lipinski definition) is 5. The van der Waals surface area contributed by atoms with Gasteiger partial charge in [0.15, 0.2) is 5.96 Å². The van der Waals surface area contributed by atoms with Gasteiger partial charge in [0.2, 0.25) is 10.0 Å². The minimum absolute atomic E-state index is 0.152. The summed E-state index contributed by atoms with van der Waals surface area (Å²) in [6, 6.07) is 3.82. The fourth-order valence-electron chi connectivity index (χ4n) is 3.65. The second kappa shape index (κ2) is 10.3. The molecule has 0 amide bonds. The van der Waals surface area contributed by atoms with Crippen molar-refractivity contribution in [3.05, 3.63) is 24.2 Å². The topological polar surface area (TPSA) is 96.2 Å². The number of nitrogens with one attached hydrogen (secondary N) is 2. The van der Waals surface area contributed by atoms with Crippen molar-refractivity contribution in [3.8, 4) is 0 Å². The molecule has 28 heavy (non-hydrogen) atoms. The van der Waals surface area contributed by atoms with E-state index in [1.54, 1.807) is 13.2 Å². The van der Waals surface area contributed by atoms with Crippen molar-refractivity contribution in [2.75, 3.05) is 39.3 Å². The predicted octanol–water partition coefficient (Wildman–Crippen LogP) is 1.35. The molecule has 1 aromatic heterocycles. The van der Waals surface area contributed by atoms with E-state index in [2.05, 4.69) is 10.0 Å². The second-order valence-corrected chi connectivity index (χ2v) is 9.35. The number of rotatable bonds is 8. The highest BCUT2D eigenvalue weighted by Gasteiger charge is 2.34. The molecular weight excluding hydrogens is 380 g/mol. The molecule has 1 aromatic rings. The minimum Gasteiger partial charge on any atom is -0.469 e. The standard InChI is InChI=1S/C19H32N4O4S/c1-2-22-28(24,25)18-9-11-23(15-18)19(20-10-8-16-7-5-13-26-16)21-14-17-6-3-4-12-27-17/h5,7,13,17-18,22H,2-4,6,8-12,14-15H2,1H3,(H,20,21).